The zero-order chi connectivity index (χ0) is 14.4. The Kier molecular flexibility index (Phi) is 10.1. The lowest BCUT2D eigenvalue weighted by atomic mass is 10.1. The minimum atomic E-state index is -2.26. The molecule has 0 spiro atoms. The molecule has 0 aromatic carbocycles. The number of rotatable bonds is 6. The maximum absolute atomic E-state index is 10.5. The fraction of sp³-hybridized carbons (Fsp3) is 0.333. The number of aromatic nitrogens is 2. The van der Waals surface area contributed by atoms with E-state index in [-0.39, 0.29) is 31.0 Å². The van der Waals surface area contributed by atoms with Crippen LogP contribution in [0.1, 0.15) is 13.3 Å². The minimum absolute atomic E-state index is 0. The Morgan fingerprint density at radius 1 is 0.955 bits per heavy atom. The Balaban J connectivity index is 0.00000220. The lowest BCUT2D eigenvalue weighted by Crippen LogP contribution is -3.00. The van der Waals surface area contributed by atoms with Gasteiger partial charge in [-0.1, -0.05) is 4.57 Å². The minimum Gasteiger partial charge on any atom is -1.00 e. The van der Waals surface area contributed by atoms with Crippen molar-refractivity contribution in [2.24, 2.45) is 0 Å². The number of pyridine rings is 2. The van der Waals surface area contributed by atoms with E-state index in [0.717, 1.165) is 13.1 Å². The Morgan fingerprint density at radius 3 is 1.82 bits per heavy atom. The van der Waals surface area contributed by atoms with Gasteiger partial charge in [-0.05, 0) is 18.1 Å². The zero-order valence-electron chi connectivity index (χ0n) is 12.4. The number of hydrogen-bond acceptors (Lipinski definition) is 2. The highest BCUT2D eigenvalue weighted by molar-refractivity contribution is 7.36. The van der Waals surface area contributed by atoms with E-state index in [4.69, 9.17) is 0 Å². The summed E-state index contributed by atoms with van der Waals surface area (Å²) in [6.07, 6.45) is 9.04. The molecule has 0 saturated carbocycles. The molecule has 0 bridgehead atoms. The third kappa shape index (κ3) is 6.37. The molecule has 0 aliphatic carbocycles. The van der Waals surface area contributed by atoms with Crippen LogP contribution in [0.5, 0.6) is 0 Å². The Bertz CT molecular complexity index is 577. The van der Waals surface area contributed by atoms with Gasteiger partial charge in [0.1, 0.15) is 12.7 Å². The molecular weight excluding hydrogens is 342 g/mol. The SMILES string of the molecule is CC[n+]1ccc(-c2cc[n+](CCC[P+](=O)[O-])cc2)cc1.[Cl-].[Cl-]. The molecule has 0 radical (unpaired) electrons. The number of nitrogens with zero attached hydrogens (tertiary/aromatic N) is 2. The van der Waals surface area contributed by atoms with Crippen LogP contribution in [0, 0.1) is 0 Å². The highest BCUT2D eigenvalue weighted by atomic mass is 35.5. The van der Waals surface area contributed by atoms with Crippen LogP contribution < -0.4 is 38.8 Å². The third-order valence-corrected chi connectivity index (χ3v) is 3.92. The second-order valence-corrected chi connectivity index (χ2v) is 5.76. The van der Waals surface area contributed by atoms with Gasteiger partial charge in [0, 0.05) is 24.3 Å². The van der Waals surface area contributed by atoms with Crippen molar-refractivity contribution in [3.8, 4) is 11.1 Å². The molecular formula is C15H19Cl2N2O2P. The van der Waals surface area contributed by atoms with E-state index in [1.807, 2.05) is 17.0 Å². The molecule has 1 atom stereocenters. The lowest BCUT2D eigenvalue weighted by Gasteiger charge is -2.00. The molecule has 4 nitrogen and oxygen atoms in total. The van der Waals surface area contributed by atoms with Crippen molar-refractivity contribution in [3.05, 3.63) is 49.1 Å². The summed E-state index contributed by atoms with van der Waals surface area (Å²) >= 11 is 0. The van der Waals surface area contributed by atoms with Crippen molar-refractivity contribution >= 4 is 8.03 Å². The first-order chi connectivity index (χ1) is 9.69. The van der Waals surface area contributed by atoms with Crippen LogP contribution in [0.25, 0.3) is 11.1 Å². The Hall–Kier alpha value is -1.06. The van der Waals surface area contributed by atoms with Gasteiger partial charge in [0.15, 0.2) is 31.3 Å². The van der Waals surface area contributed by atoms with Crippen LogP contribution >= 0.6 is 8.03 Å². The predicted octanol–water partition coefficient (Wildman–Crippen LogP) is -4.55. The maximum Gasteiger partial charge on any atom is 0.309 e. The molecule has 0 N–H and O–H groups in total. The van der Waals surface area contributed by atoms with Crippen LogP contribution in [-0.2, 0) is 17.7 Å². The van der Waals surface area contributed by atoms with Gasteiger partial charge in [0.25, 0.3) is 0 Å². The molecule has 0 amide bonds. The van der Waals surface area contributed by atoms with Gasteiger partial charge in [-0.25, -0.2) is 9.13 Å². The highest BCUT2D eigenvalue weighted by Gasteiger charge is 2.07. The summed E-state index contributed by atoms with van der Waals surface area (Å²) in [6, 6.07) is 8.32. The second kappa shape index (κ2) is 10.6. The summed E-state index contributed by atoms with van der Waals surface area (Å²) in [4.78, 5) is 10.5. The van der Waals surface area contributed by atoms with Crippen molar-refractivity contribution in [3.63, 3.8) is 0 Å². The van der Waals surface area contributed by atoms with Crippen molar-refractivity contribution in [2.45, 2.75) is 26.4 Å². The molecule has 2 aromatic heterocycles. The van der Waals surface area contributed by atoms with Crippen LogP contribution in [0.4, 0.5) is 0 Å². The average molecular weight is 361 g/mol. The standard InChI is InChI=1S/C15H19N2O2P.2ClH/c1-2-16-9-4-14(5-10-16)15-6-11-17(12-7-15)8-3-13-20(18)19;;/h4-7,9-12H,2-3,8,13H2,1H3;2*1H/q+2;;/p-2. The van der Waals surface area contributed by atoms with E-state index in [2.05, 4.69) is 48.1 Å². The summed E-state index contributed by atoms with van der Waals surface area (Å²) in [5.41, 5.74) is 2.35. The van der Waals surface area contributed by atoms with Gasteiger partial charge >= 0.3 is 8.03 Å². The molecule has 0 fully saturated rings. The van der Waals surface area contributed by atoms with Gasteiger partial charge in [-0.2, -0.15) is 0 Å². The summed E-state index contributed by atoms with van der Waals surface area (Å²) in [5.74, 6) is 0. The molecule has 120 valence electrons. The second-order valence-electron chi connectivity index (χ2n) is 4.65. The molecule has 0 aliphatic rings. The largest absolute Gasteiger partial charge is 1.00 e. The van der Waals surface area contributed by atoms with Crippen molar-refractivity contribution in [1.29, 1.82) is 0 Å². The first kappa shape index (κ1) is 20.9. The van der Waals surface area contributed by atoms with E-state index in [0.29, 0.717) is 6.42 Å². The van der Waals surface area contributed by atoms with Crippen molar-refractivity contribution in [1.82, 2.24) is 0 Å². The van der Waals surface area contributed by atoms with Crippen molar-refractivity contribution < 1.29 is 43.4 Å². The third-order valence-electron chi connectivity index (χ3n) is 3.24. The Labute approximate surface area is 144 Å². The maximum atomic E-state index is 10.5. The monoisotopic (exact) mass is 360 g/mol. The summed E-state index contributed by atoms with van der Waals surface area (Å²) in [7, 11) is -2.26. The zero-order valence-corrected chi connectivity index (χ0v) is 14.8. The summed E-state index contributed by atoms with van der Waals surface area (Å²) in [5, 5.41) is 0. The molecule has 2 heterocycles. The topological polar surface area (TPSA) is 47.9 Å². The van der Waals surface area contributed by atoms with Gasteiger partial charge in [-0.3, -0.25) is 0 Å². The molecule has 2 aromatic rings. The average Bonchev–Trinajstić information content (AvgIpc) is 2.48. The first-order valence-electron chi connectivity index (χ1n) is 6.79. The van der Waals surface area contributed by atoms with Crippen LogP contribution in [0.3, 0.4) is 0 Å². The number of halogens is 2. The molecule has 7 heteroatoms. The first-order valence-corrected chi connectivity index (χ1v) is 8.15. The smallest absolute Gasteiger partial charge is 0.309 e. The van der Waals surface area contributed by atoms with Gasteiger partial charge in [-0.15, -0.1) is 0 Å². The normalized spacial score (nSPS) is 10.4. The van der Waals surface area contributed by atoms with Gasteiger partial charge in [0.05, 0.1) is 6.42 Å². The van der Waals surface area contributed by atoms with E-state index in [1.165, 1.54) is 11.1 Å². The quantitative estimate of drug-likeness (QED) is 0.385. The molecule has 2 rings (SSSR count). The molecule has 22 heavy (non-hydrogen) atoms. The van der Waals surface area contributed by atoms with Gasteiger partial charge < -0.3 is 29.7 Å². The lowest BCUT2D eigenvalue weighted by molar-refractivity contribution is -0.696. The molecule has 0 aliphatic heterocycles. The number of aryl methyl sites for hydroxylation is 2. The van der Waals surface area contributed by atoms with E-state index in [1.54, 1.807) is 0 Å². The number of hydrogen-bond donors (Lipinski definition) is 0. The van der Waals surface area contributed by atoms with Crippen LogP contribution in [0.2, 0.25) is 0 Å². The van der Waals surface area contributed by atoms with Crippen LogP contribution in [0.15, 0.2) is 49.1 Å². The van der Waals surface area contributed by atoms with Crippen LogP contribution in [-0.4, -0.2) is 6.16 Å². The summed E-state index contributed by atoms with van der Waals surface area (Å²) < 4.78 is 14.6. The van der Waals surface area contributed by atoms with E-state index < -0.39 is 8.03 Å². The van der Waals surface area contributed by atoms with E-state index >= 15 is 0 Å². The van der Waals surface area contributed by atoms with E-state index in [9.17, 15) is 9.46 Å². The molecule has 1 unspecified atom stereocenters. The highest BCUT2D eigenvalue weighted by Crippen LogP contribution is 2.15. The van der Waals surface area contributed by atoms with Gasteiger partial charge in [0.2, 0.25) is 0 Å². The van der Waals surface area contributed by atoms with Crippen molar-refractivity contribution in [2.75, 3.05) is 6.16 Å². The predicted molar refractivity (Wildman–Crippen MR) is 75.0 cm³/mol. The molecule has 0 saturated heterocycles. The summed E-state index contributed by atoms with van der Waals surface area (Å²) in [6.45, 7) is 3.81. The fourth-order valence-electron chi connectivity index (χ4n) is 2.04. The fourth-order valence-corrected chi connectivity index (χ4v) is 2.44. The Morgan fingerprint density at radius 2 is 1.41 bits per heavy atom.